The molecule has 2 aromatic rings. The number of imidazole rings is 1. The largest absolute Gasteiger partial charge is 0.469 e. The number of thiophene rings is 1. The molecular weight excluding hydrogens is 274 g/mol. The minimum Gasteiger partial charge on any atom is -0.469 e. The quantitative estimate of drug-likeness (QED) is 0.621. The van der Waals surface area contributed by atoms with E-state index in [1.807, 2.05) is 30.1 Å². The molecule has 0 aliphatic rings. The number of esters is 1. The van der Waals surface area contributed by atoms with E-state index in [0.717, 1.165) is 30.2 Å². The second-order valence-corrected chi connectivity index (χ2v) is 5.75. The Bertz CT molecular complexity index is 562. The van der Waals surface area contributed by atoms with Crippen molar-refractivity contribution >= 4 is 17.3 Å². The van der Waals surface area contributed by atoms with Crippen LogP contribution >= 0.6 is 11.3 Å². The molecule has 0 radical (unpaired) electrons. The third-order valence-electron chi connectivity index (χ3n) is 3.01. The van der Waals surface area contributed by atoms with Gasteiger partial charge in [0.15, 0.2) is 0 Å². The molecule has 6 heteroatoms. The van der Waals surface area contributed by atoms with E-state index >= 15 is 0 Å². The lowest BCUT2D eigenvalue weighted by molar-refractivity contribution is -0.139. The van der Waals surface area contributed by atoms with E-state index in [1.165, 1.54) is 12.0 Å². The van der Waals surface area contributed by atoms with E-state index in [-0.39, 0.29) is 5.97 Å². The average molecular weight is 293 g/mol. The first kappa shape index (κ1) is 14.7. The van der Waals surface area contributed by atoms with Crippen molar-refractivity contribution in [3.63, 3.8) is 0 Å². The average Bonchev–Trinajstić information content (AvgIpc) is 3.04. The van der Waals surface area contributed by atoms with Crippen molar-refractivity contribution in [1.29, 1.82) is 0 Å². The second-order valence-electron chi connectivity index (χ2n) is 4.50. The van der Waals surface area contributed by atoms with Gasteiger partial charge in [-0.15, -0.1) is 11.3 Å². The minimum absolute atomic E-state index is 0.193. The number of nitrogens with zero attached hydrogens (tertiary/aromatic N) is 2. The van der Waals surface area contributed by atoms with Gasteiger partial charge in [0.1, 0.15) is 5.82 Å². The first-order chi connectivity index (χ1) is 9.69. The number of ether oxygens (including phenoxy) is 1. The molecule has 20 heavy (non-hydrogen) atoms. The summed E-state index contributed by atoms with van der Waals surface area (Å²) in [5, 5.41) is 3.39. The highest BCUT2D eigenvalue weighted by Gasteiger charge is 2.06. The molecule has 0 amide bonds. The van der Waals surface area contributed by atoms with Crippen LogP contribution in [0.5, 0.6) is 0 Å². The topological polar surface area (TPSA) is 56.1 Å². The van der Waals surface area contributed by atoms with Crippen LogP contribution in [0.3, 0.4) is 0 Å². The van der Waals surface area contributed by atoms with Crippen LogP contribution in [0.2, 0.25) is 0 Å². The molecule has 0 fully saturated rings. The lowest BCUT2D eigenvalue weighted by Crippen LogP contribution is -2.17. The summed E-state index contributed by atoms with van der Waals surface area (Å²) >= 11 is 1.64. The highest BCUT2D eigenvalue weighted by atomic mass is 32.1. The van der Waals surface area contributed by atoms with Gasteiger partial charge in [0.25, 0.3) is 0 Å². The molecule has 0 saturated heterocycles. The molecule has 0 spiro atoms. The molecule has 108 valence electrons. The number of methoxy groups -OCH3 is 1. The fraction of sp³-hybridized carbons (Fsp3) is 0.429. The zero-order valence-corrected chi connectivity index (χ0v) is 12.6. The van der Waals surface area contributed by atoms with Crippen molar-refractivity contribution in [2.45, 2.75) is 19.4 Å². The molecule has 2 aromatic heterocycles. The summed E-state index contributed by atoms with van der Waals surface area (Å²) in [4.78, 5) is 17.7. The Balaban J connectivity index is 1.72. The summed E-state index contributed by atoms with van der Waals surface area (Å²) in [6.07, 6.45) is 5.03. The molecule has 1 N–H and O–H groups in total. The van der Waals surface area contributed by atoms with Gasteiger partial charge >= 0.3 is 5.97 Å². The van der Waals surface area contributed by atoms with E-state index in [4.69, 9.17) is 0 Å². The maximum absolute atomic E-state index is 11.2. The fourth-order valence-electron chi connectivity index (χ4n) is 1.88. The third kappa shape index (κ3) is 4.18. The van der Waals surface area contributed by atoms with Gasteiger partial charge in [-0.2, -0.15) is 0 Å². The zero-order chi connectivity index (χ0) is 14.4. The Morgan fingerprint density at radius 3 is 2.95 bits per heavy atom. The third-order valence-corrected chi connectivity index (χ3v) is 4.09. The molecule has 0 bridgehead atoms. The number of carbonyl (C=O) groups is 1. The highest BCUT2D eigenvalue weighted by molar-refractivity contribution is 7.12. The van der Waals surface area contributed by atoms with E-state index in [0.29, 0.717) is 6.42 Å². The SMILES string of the molecule is COC(=O)Cc1ccc(CNCCc2nccn2C)s1. The number of aryl methyl sites for hydroxylation is 1. The molecular formula is C14H19N3O2S. The Labute approximate surface area is 122 Å². The van der Waals surface area contributed by atoms with Gasteiger partial charge in [-0.3, -0.25) is 4.79 Å². The molecule has 0 aliphatic heterocycles. The van der Waals surface area contributed by atoms with Crippen molar-refractivity contribution in [2.24, 2.45) is 7.05 Å². The Morgan fingerprint density at radius 1 is 1.45 bits per heavy atom. The highest BCUT2D eigenvalue weighted by Crippen LogP contribution is 2.17. The van der Waals surface area contributed by atoms with Crippen molar-refractivity contribution in [1.82, 2.24) is 14.9 Å². The van der Waals surface area contributed by atoms with Gasteiger partial charge in [-0.25, -0.2) is 4.98 Å². The zero-order valence-electron chi connectivity index (χ0n) is 11.8. The van der Waals surface area contributed by atoms with Crippen LogP contribution in [0.15, 0.2) is 24.5 Å². The predicted molar refractivity (Wildman–Crippen MR) is 78.7 cm³/mol. The number of aromatic nitrogens is 2. The smallest absolute Gasteiger partial charge is 0.310 e. The van der Waals surface area contributed by atoms with Gasteiger partial charge < -0.3 is 14.6 Å². The van der Waals surface area contributed by atoms with Crippen LogP contribution < -0.4 is 5.32 Å². The molecule has 0 saturated carbocycles. The van der Waals surface area contributed by atoms with Crippen LogP contribution in [-0.4, -0.2) is 29.2 Å². The first-order valence-electron chi connectivity index (χ1n) is 6.50. The maximum Gasteiger partial charge on any atom is 0.310 e. The molecule has 2 rings (SSSR count). The van der Waals surface area contributed by atoms with Crippen molar-refractivity contribution in [3.05, 3.63) is 40.1 Å². The summed E-state index contributed by atoms with van der Waals surface area (Å²) in [5.41, 5.74) is 0. The lowest BCUT2D eigenvalue weighted by atomic mass is 10.3. The molecule has 0 unspecified atom stereocenters. The summed E-state index contributed by atoms with van der Waals surface area (Å²) in [7, 11) is 3.41. The number of hydrogen-bond acceptors (Lipinski definition) is 5. The monoisotopic (exact) mass is 293 g/mol. The number of hydrogen-bond donors (Lipinski definition) is 1. The summed E-state index contributed by atoms with van der Waals surface area (Å²) in [6, 6.07) is 4.04. The van der Waals surface area contributed by atoms with Gasteiger partial charge in [-0.1, -0.05) is 0 Å². The van der Waals surface area contributed by atoms with Gasteiger partial charge in [0, 0.05) is 48.7 Å². The lowest BCUT2D eigenvalue weighted by Gasteiger charge is -2.03. The second kappa shape index (κ2) is 7.21. The summed E-state index contributed by atoms with van der Waals surface area (Å²) in [6.45, 7) is 1.70. The van der Waals surface area contributed by atoms with E-state index in [1.54, 1.807) is 11.3 Å². The van der Waals surface area contributed by atoms with Crippen LogP contribution in [0.4, 0.5) is 0 Å². The van der Waals surface area contributed by atoms with Gasteiger partial charge in [-0.05, 0) is 12.1 Å². The summed E-state index contributed by atoms with van der Waals surface area (Å²) in [5.74, 6) is 0.885. The summed E-state index contributed by atoms with van der Waals surface area (Å²) < 4.78 is 6.69. The molecule has 0 atom stereocenters. The van der Waals surface area contributed by atoms with Gasteiger partial charge in [0.05, 0.1) is 13.5 Å². The van der Waals surface area contributed by atoms with Crippen LogP contribution in [0.1, 0.15) is 15.6 Å². The van der Waals surface area contributed by atoms with Gasteiger partial charge in [0.2, 0.25) is 0 Å². The molecule has 0 aromatic carbocycles. The standard InChI is InChI=1S/C14H19N3O2S/c1-17-8-7-16-13(17)5-6-15-10-12-4-3-11(20-12)9-14(18)19-2/h3-4,7-8,15H,5-6,9-10H2,1-2H3. The molecule has 5 nitrogen and oxygen atoms in total. The predicted octanol–water partition coefficient (Wildman–Crippen LogP) is 1.53. The number of rotatable bonds is 7. The Kier molecular flexibility index (Phi) is 5.31. The van der Waals surface area contributed by atoms with E-state index in [2.05, 4.69) is 21.1 Å². The normalized spacial score (nSPS) is 10.7. The van der Waals surface area contributed by atoms with E-state index < -0.39 is 0 Å². The number of nitrogens with one attached hydrogen (secondary N) is 1. The maximum atomic E-state index is 11.2. The molecule has 0 aliphatic carbocycles. The fourth-order valence-corrected chi connectivity index (χ4v) is 2.85. The Morgan fingerprint density at radius 2 is 2.25 bits per heavy atom. The van der Waals surface area contributed by atoms with E-state index in [9.17, 15) is 4.79 Å². The van der Waals surface area contributed by atoms with Crippen molar-refractivity contribution < 1.29 is 9.53 Å². The van der Waals surface area contributed by atoms with Crippen molar-refractivity contribution in [3.8, 4) is 0 Å². The molecule has 2 heterocycles. The Hall–Kier alpha value is -1.66. The minimum atomic E-state index is -0.193. The number of carbonyl (C=O) groups excluding carboxylic acids is 1. The van der Waals surface area contributed by atoms with Crippen LogP contribution in [-0.2, 0) is 36.0 Å². The van der Waals surface area contributed by atoms with Crippen molar-refractivity contribution in [2.75, 3.05) is 13.7 Å². The van der Waals surface area contributed by atoms with Crippen LogP contribution in [0.25, 0.3) is 0 Å². The first-order valence-corrected chi connectivity index (χ1v) is 7.32. The van der Waals surface area contributed by atoms with Crippen LogP contribution in [0, 0.1) is 0 Å².